The Labute approximate surface area is 140 Å². The predicted molar refractivity (Wildman–Crippen MR) is 82.4 cm³/mol. The molecule has 23 heavy (non-hydrogen) atoms. The van der Waals surface area contributed by atoms with Gasteiger partial charge in [-0.3, -0.25) is 4.79 Å². The van der Waals surface area contributed by atoms with Crippen molar-refractivity contribution < 1.29 is 23.1 Å². The Bertz CT molecular complexity index is 722. The van der Waals surface area contributed by atoms with Gasteiger partial charge < -0.3 is 9.64 Å². The number of likely N-dealkylation sites (N-methyl/N-ethyl adjacent to an activating group) is 1. The molecular weight excluding hydrogens is 348 g/mol. The molecule has 0 radical (unpaired) electrons. The predicted octanol–water partition coefficient (Wildman–Crippen LogP) is 3.50. The van der Waals surface area contributed by atoms with Gasteiger partial charge in [0, 0.05) is 13.6 Å². The van der Waals surface area contributed by atoms with Gasteiger partial charge in [0.1, 0.15) is 0 Å². The van der Waals surface area contributed by atoms with Gasteiger partial charge in [0.15, 0.2) is 18.2 Å². The summed E-state index contributed by atoms with van der Waals surface area (Å²) in [6.45, 7) is -0.138. The minimum Gasteiger partial charge on any atom is -0.452 e. The summed E-state index contributed by atoms with van der Waals surface area (Å²) >= 11 is 7.18. The van der Waals surface area contributed by atoms with Gasteiger partial charge in [-0.1, -0.05) is 11.6 Å². The highest BCUT2D eigenvalue weighted by atomic mass is 35.5. The third-order valence-electron chi connectivity index (χ3n) is 2.98. The maximum atomic E-state index is 13.1. The van der Waals surface area contributed by atoms with E-state index in [0.717, 1.165) is 5.56 Å². The molecule has 0 atom stereocenters. The highest BCUT2D eigenvalue weighted by molar-refractivity contribution is 7.07. The third kappa shape index (κ3) is 4.49. The average molecular weight is 360 g/mol. The zero-order valence-electron chi connectivity index (χ0n) is 12.0. The highest BCUT2D eigenvalue weighted by Gasteiger charge is 2.18. The van der Waals surface area contributed by atoms with Crippen LogP contribution in [0.1, 0.15) is 15.9 Å². The van der Waals surface area contributed by atoms with Crippen LogP contribution in [0.15, 0.2) is 29.0 Å². The first-order valence-electron chi connectivity index (χ1n) is 6.45. The van der Waals surface area contributed by atoms with E-state index >= 15 is 0 Å². The summed E-state index contributed by atoms with van der Waals surface area (Å²) in [5.74, 6) is -3.81. The van der Waals surface area contributed by atoms with E-state index < -0.39 is 30.1 Å². The monoisotopic (exact) mass is 359 g/mol. The Morgan fingerprint density at radius 2 is 2.00 bits per heavy atom. The van der Waals surface area contributed by atoms with Gasteiger partial charge in [-0.25, -0.2) is 13.6 Å². The third-order valence-corrected chi connectivity index (χ3v) is 4.03. The van der Waals surface area contributed by atoms with Crippen LogP contribution in [0.5, 0.6) is 0 Å². The van der Waals surface area contributed by atoms with Crippen LogP contribution in [-0.4, -0.2) is 30.4 Å². The van der Waals surface area contributed by atoms with Crippen molar-refractivity contribution in [2.75, 3.05) is 13.7 Å². The average Bonchev–Trinajstić information content (AvgIpc) is 3.01. The van der Waals surface area contributed by atoms with E-state index in [0.29, 0.717) is 18.7 Å². The van der Waals surface area contributed by atoms with Gasteiger partial charge in [-0.15, -0.1) is 0 Å². The number of amides is 1. The van der Waals surface area contributed by atoms with E-state index in [1.165, 1.54) is 16.2 Å². The molecule has 1 aromatic carbocycles. The standard InChI is InChI=1S/C15H12ClF2NO3S/c1-19(6-9-2-3-23-8-9)14(20)7-22-15(21)10-4-12(17)13(18)5-11(10)16/h2-5,8H,6-7H2,1H3. The number of carbonyl (C=O) groups is 2. The van der Waals surface area contributed by atoms with Crippen LogP contribution < -0.4 is 0 Å². The Balaban J connectivity index is 1.93. The van der Waals surface area contributed by atoms with Gasteiger partial charge >= 0.3 is 5.97 Å². The first kappa shape index (κ1) is 17.4. The van der Waals surface area contributed by atoms with Crippen molar-refractivity contribution in [2.24, 2.45) is 0 Å². The number of hydrogen-bond donors (Lipinski definition) is 0. The fourth-order valence-corrected chi connectivity index (χ4v) is 2.63. The number of esters is 1. The number of carbonyl (C=O) groups excluding carboxylic acids is 2. The molecule has 1 amide bonds. The molecule has 0 aliphatic carbocycles. The molecule has 122 valence electrons. The van der Waals surface area contributed by atoms with E-state index in [4.69, 9.17) is 16.3 Å². The molecule has 2 rings (SSSR count). The molecule has 4 nitrogen and oxygen atoms in total. The quantitative estimate of drug-likeness (QED) is 0.606. The van der Waals surface area contributed by atoms with Gasteiger partial charge in [-0.2, -0.15) is 11.3 Å². The van der Waals surface area contributed by atoms with Crippen LogP contribution in [0, 0.1) is 11.6 Å². The normalized spacial score (nSPS) is 10.4. The number of ether oxygens (including phenoxy) is 1. The van der Waals surface area contributed by atoms with Gasteiger partial charge in [0.05, 0.1) is 10.6 Å². The molecule has 0 unspecified atom stereocenters. The Morgan fingerprint density at radius 1 is 1.30 bits per heavy atom. The second-order valence-corrected chi connectivity index (χ2v) is 5.89. The molecule has 0 saturated heterocycles. The van der Waals surface area contributed by atoms with Crippen LogP contribution >= 0.6 is 22.9 Å². The zero-order chi connectivity index (χ0) is 17.0. The van der Waals surface area contributed by atoms with Crippen molar-refractivity contribution in [3.63, 3.8) is 0 Å². The van der Waals surface area contributed by atoms with Crippen molar-refractivity contribution in [3.8, 4) is 0 Å². The number of nitrogens with zero attached hydrogens (tertiary/aromatic N) is 1. The van der Waals surface area contributed by atoms with Crippen LogP contribution in [0.4, 0.5) is 8.78 Å². The minimum atomic E-state index is -1.22. The summed E-state index contributed by atoms with van der Waals surface area (Å²) in [6.07, 6.45) is 0. The Kier molecular flexibility index (Phi) is 5.68. The smallest absolute Gasteiger partial charge is 0.340 e. The van der Waals surface area contributed by atoms with Crippen molar-refractivity contribution >= 4 is 34.8 Å². The van der Waals surface area contributed by atoms with Crippen LogP contribution in [-0.2, 0) is 16.1 Å². The summed E-state index contributed by atoms with van der Waals surface area (Å²) in [4.78, 5) is 25.1. The lowest BCUT2D eigenvalue weighted by Gasteiger charge is -2.16. The fraction of sp³-hybridized carbons (Fsp3) is 0.200. The molecule has 8 heteroatoms. The summed E-state index contributed by atoms with van der Waals surface area (Å²) in [5, 5.41) is 3.50. The Morgan fingerprint density at radius 3 is 2.65 bits per heavy atom. The molecule has 0 saturated carbocycles. The lowest BCUT2D eigenvalue weighted by molar-refractivity contribution is -0.133. The second kappa shape index (κ2) is 7.52. The van der Waals surface area contributed by atoms with E-state index in [2.05, 4.69) is 0 Å². The van der Waals surface area contributed by atoms with Crippen molar-refractivity contribution in [2.45, 2.75) is 6.54 Å². The first-order valence-corrected chi connectivity index (χ1v) is 7.77. The zero-order valence-corrected chi connectivity index (χ0v) is 13.6. The summed E-state index contributed by atoms with van der Waals surface area (Å²) in [7, 11) is 1.57. The van der Waals surface area contributed by atoms with Crippen LogP contribution in [0.25, 0.3) is 0 Å². The number of thiophene rings is 1. The fourth-order valence-electron chi connectivity index (χ4n) is 1.74. The van der Waals surface area contributed by atoms with E-state index in [9.17, 15) is 18.4 Å². The van der Waals surface area contributed by atoms with E-state index in [-0.39, 0.29) is 10.6 Å². The highest BCUT2D eigenvalue weighted by Crippen LogP contribution is 2.20. The second-order valence-electron chi connectivity index (χ2n) is 4.70. The molecule has 2 aromatic rings. The lowest BCUT2D eigenvalue weighted by Crippen LogP contribution is -2.30. The van der Waals surface area contributed by atoms with Crippen LogP contribution in [0.2, 0.25) is 5.02 Å². The number of rotatable bonds is 5. The topological polar surface area (TPSA) is 46.6 Å². The van der Waals surface area contributed by atoms with Gasteiger partial charge in [-0.05, 0) is 34.5 Å². The molecule has 1 aromatic heterocycles. The SMILES string of the molecule is CN(Cc1ccsc1)C(=O)COC(=O)c1cc(F)c(F)cc1Cl. The largest absolute Gasteiger partial charge is 0.452 e. The molecule has 0 aliphatic heterocycles. The molecule has 1 heterocycles. The number of halogens is 3. The van der Waals surface area contributed by atoms with Gasteiger partial charge in [0.25, 0.3) is 5.91 Å². The molecule has 0 fully saturated rings. The Hall–Kier alpha value is -1.99. The first-order chi connectivity index (χ1) is 10.9. The molecule has 0 spiro atoms. The summed E-state index contributed by atoms with van der Waals surface area (Å²) in [5.41, 5.74) is 0.625. The maximum absolute atomic E-state index is 13.1. The summed E-state index contributed by atoms with van der Waals surface area (Å²) in [6, 6.07) is 3.19. The minimum absolute atomic E-state index is 0.284. The van der Waals surface area contributed by atoms with E-state index in [1.54, 1.807) is 7.05 Å². The van der Waals surface area contributed by atoms with Crippen LogP contribution in [0.3, 0.4) is 0 Å². The molecule has 0 bridgehead atoms. The van der Waals surface area contributed by atoms with Crippen molar-refractivity contribution in [1.29, 1.82) is 0 Å². The van der Waals surface area contributed by atoms with Gasteiger partial charge in [0.2, 0.25) is 0 Å². The van der Waals surface area contributed by atoms with Crippen molar-refractivity contribution in [3.05, 3.63) is 56.7 Å². The maximum Gasteiger partial charge on any atom is 0.340 e. The molecule has 0 N–H and O–H groups in total. The molecular formula is C15H12ClF2NO3S. The van der Waals surface area contributed by atoms with Crippen molar-refractivity contribution in [1.82, 2.24) is 4.90 Å². The molecule has 0 aliphatic rings. The lowest BCUT2D eigenvalue weighted by atomic mass is 10.2. The number of hydrogen-bond acceptors (Lipinski definition) is 4. The number of benzene rings is 1. The summed E-state index contributed by atoms with van der Waals surface area (Å²) < 4.78 is 30.9. The van der Waals surface area contributed by atoms with E-state index in [1.807, 2.05) is 16.8 Å².